The van der Waals surface area contributed by atoms with Crippen molar-refractivity contribution < 1.29 is 0 Å². The number of nitrogens with one attached hydrogen (secondary N) is 2. The zero-order valence-electron chi connectivity index (χ0n) is 9.24. The second-order valence-electron chi connectivity index (χ2n) is 3.86. The molecule has 18 heavy (non-hydrogen) atoms. The molecule has 0 spiro atoms. The van der Waals surface area contributed by atoms with Gasteiger partial charge in [-0.05, 0) is 24.3 Å². The van der Waals surface area contributed by atoms with Gasteiger partial charge in [0.1, 0.15) is 5.82 Å². The Balaban J connectivity index is 2.05. The van der Waals surface area contributed by atoms with Gasteiger partial charge in [0.25, 0.3) is 0 Å². The number of hydrogen-bond acceptors (Lipinski definition) is 1. The molecule has 0 radical (unpaired) electrons. The average molecular weight is 278 g/mol. The van der Waals surface area contributed by atoms with Crippen molar-refractivity contribution >= 4 is 23.2 Å². The third-order valence-corrected chi connectivity index (χ3v) is 3.22. The summed E-state index contributed by atoms with van der Waals surface area (Å²) in [6, 6.07) is 7.28. The van der Waals surface area contributed by atoms with Crippen LogP contribution in [0.2, 0.25) is 10.0 Å². The van der Waals surface area contributed by atoms with Crippen LogP contribution >= 0.6 is 23.2 Å². The lowest BCUT2D eigenvalue weighted by Gasteiger charge is -2.00. The Hall–Kier alpha value is -1.71. The van der Waals surface area contributed by atoms with E-state index >= 15 is 0 Å². The number of benzene rings is 1. The van der Waals surface area contributed by atoms with E-state index in [1.54, 1.807) is 18.2 Å². The summed E-state index contributed by atoms with van der Waals surface area (Å²) in [5.74, 6) is 0.794. The summed E-state index contributed by atoms with van der Waals surface area (Å²) >= 11 is 12.1. The molecule has 2 heterocycles. The summed E-state index contributed by atoms with van der Waals surface area (Å²) in [4.78, 5) is 10.6. The molecule has 90 valence electrons. The monoisotopic (exact) mass is 277 g/mol. The number of hydrogen-bond donors (Lipinski definition) is 2. The molecule has 3 nitrogen and oxygen atoms in total. The van der Waals surface area contributed by atoms with Crippen LogP contribution in [0.5, 0.6) is 0 Å². The molecule has 0 unspecified atom stereocenters. The summed E-state index contributed by atoms with van der Waals surface area (Å²) in [6.45, 7) is 0. The normalized spacial score (nSPS) is 10.8. The van der Waals surface area contributed by atoms with Crippen LogP contribution in [0, 0.1) is 0 Å². The van der Waals surface area contributed by atoms with E-state index in [9.17, 15) is 0 Å². The third kappa shape index (κ3) is 2.03. The molecule has 2 N–H and O–H groups in total. The number of rotatable bonds is 2. The van der Waals surface area contributed by atoms with E-state index < -0.39 is 0 Å². The fourth-order valence-corrected chi connectivity index (χ4v) is 2.16. The summed E-state index contributed by atoms with van der Waals surface area (Å²) in [7, 11) is 0. The number of nitrogens with zero attached hydrogens (tertiary/aromatic N) is 1. The number of H-pyrrole nitrogens is 2. The fourth-order valence-electron chi connectivity index (χ4n) is 1.77. The maximum Gasteiger partial charge on any atom is 0.139 e. The van der Waals surface area contributed by atoms with Crippen molar-refractivity contribution in [1.29, 1.82) is 0 Å². The highest BCUT2D eigenvalue weighted by molar-refractivity contribution is 6.35. The fraction of sp³-hybridized carbons (Fsp3) is 0. The van der Waals surface area contributed by atoms with E-state index in [4.69, 9.17) is 23.2 Å². The van der Waals surface area contributed by atoms with Crippen molar-refractivity contribution in [3.8, 4) is 22.6 Å². The summed E-state index contributed by atoms with van der Waals surface area (Å²) < 4.78 is 0. The molecular weight excluding hydrogens is 269 g/mol. The molecule has 0 aliphatic heterocycles. The van der Waals surface area contributed by atoms with Gasteiger partial charge in [-0.3, -0.25) is 0 Å². The van der Waals surface area contributed by atoms with E-state index in [1.807, 2.05) is 24.7 Å². The van der Waals surface area contributed by atoms with Gasteiger partial charge in [0.15, 0.2) is 0 Å². The van der Waals surface area contributed by atoms with Crippen LogP contribution in [0.15, 0.2) is 42.9 Å². The van der Waals surface area contributed by atoms with Gasteiger partial charge in [-0.1, -0.05) is 23.2 Å². The second kappa shape index (κ2) is 4.52. The first-order chi connectivity index (χ1) is 8.74. The van der Waals surface area contributed by atoms with Gasteiger partial charge in [-0.2, -0.15) is 0 Å². The van der Waals surface area contributed by atoms with Crippen molar-refractivity contribution in [3.05, 3.63) is 52.9 Å². The molecule has 0 fully saturated rings. The van der Waals surface area contributed by atoms with Gasteiger partial charge in [-0.25, -0.2) is 4.98 Å². The molecule has 0 saturated heterocycles. The smallest absolute Gasteiger partial charge is 0.139 e. The number of imidazole rings is 1. The van der Waals surface area contributed by atoms with Crippen molar-refractivity contribution in [2.45, 2.75) is 0 Å². The standard InChI is InChI=1S/C13H9Cl2N3/c14-9-1-2-11(15)10(5-9)12-7-17-13(18-12)8-3-4-16-6-8/h1-7,16H,(H,17,18). The Morgan fingerprint density at radius 2 is 1.94 bits per heavy atom. The summed E-state index contributed by atoms with van der Waals surface area (Å²) in [5.41, 5.74) is 2.60. The molecule has 5 heteroatoms. The maximum absolute atomic E-state index is 6.15. The van der Waals surface area contributed by atoms with Crippen LogP contribution in [0.1, 0.15) is 0 Å². The first kappa shape index (κ1) is 11.4. The molecule has 0 saturated carbocycles. The summed E-state index contributed by atoms with van der Waals surface area (Å²) in [5, 5.41) is 1.27. The minimum Gasteiger partial charge on any atom is -0.367 e. The van der Waals surface area contributed by atoms with Crippen molar-refractivity contribution in [3.63, 3.8) is 0 Å². The van der Waals surface area contributed by atoms with Gasteiger partial charge in [0.2, 0.25) is 0 Å². The van der Waals surface area contributed by atoms with Gasteiger partial charge in [0, 0.05) is 34.7 Å². The van der Waals surface area contributed by atoms with Crippen molar-refractivity contribution in [2.24, 2.45) is 0 Å². The Morgan fingerprint density at radius 3 is 2.72 bits per heavy atom. The second-order valence-corrected chi connectivity index (χ2v) is 4.70. The van der Waals surface area contributed by atoms with Crippen molar-refractivity contribution in [2.75, 3.05) is 0 Å². The maximum atomic E-state index is 6.15. The number of aromatic nitrogens is 3. The zero-order valence-corrected chi connectivity index (χ0v) is 10.8. The Labute approximate surface area is 114 Å². The Bertz CT molecular complexity index is 671. The molecular formula is C13H9Cl2N3. The highest BCUT2D eigenvalue weighted by Gasteiger charge is 2.09. The number of aromatic amines is 2. The lowest BCUT2D eigenvalue weighted by Crippen LogP contribution is -1.81. The topological polar surface area (TPSA) is 44.5 Å². The van der Waals surface area contributed by atoms with Crippen molar-refractivity contribution in [1.82, 2.24) is 15.0 Å². The Kier molecular flexibility index (Phi) is 2.86. The predicted octanol–water partition coefficient (Wildman–Crippen LogP) is 4.38. The van der Waals surface area contributed by atoms with E-state index in [-0.39, 0.29) is 0 Å². The van der Waals surface area contributed by atoms with Crippen LogP contribution in [-0.4, -0.2) is 15.0 Å². The predicted molar refractivity (Wildman–Crippen MR) is 73.8 cm³/mol. The SMILES string of the molecule is Clc1ccc(Cl)c(-c2c[nH]c(-c3cc[nH]c3)n2)c1. The summed E-state index contributed by atoms with van der Waals surface area (Å²) in [6.07, 6.45) is 5.55. The van der Waals surface area contributed by atoms with Crippen LogP contribution in [-0.2, 0) is 0 Å². The van der Waals surface area contributed by atoms with E-state index in [0.717, 1.165) is 22.6 Å². The lowest BCUT2D eigenvalue weighted by molar-refractivity contribution is 1.31. The van der Waals surface area contributed by atoms with E-state index in [2.05, 4.69) is 15.0 Å². The molecule has 0 amide bonds. The minimum atomic E-state index is 0.631. The first-order valence-corrected chi connectivity index (χ1v) is 6.13. The van der Waals surface area contributed by atoms with Gasteiger partial charge < -0.3 is 9.97 Å². The van der Waals surface area contributed by atoms with E-state index in [1.165, 1.54) is 0 Å². The Morgan fingerprint density at radius 1 is 1.06 bits per heavy atom. The molecule has 3 rings (SSSR count). The average Bonchev–Trinajstić information content (AvgIpc) is 3.00. The highest BCUT2D eigenvalue weighted by atomic mass is 35.5. The molecule has 0 atom stereocenters. The third-order valence-electron chi connectivity index (χ3n) is 2.65. The minimum absolute atomic E-state index is 0.631. The van der Waals surface area contributed by atoms with Crippen LogP contribution in [0.25, 0.3) is 22.6 Å². The zero-order chi connectivity index (χ0) is 12.5. The first-order valence-electron chi connectivity index (χ1n) is 5.38. The molecule has 3 aromatic rings. The molecule has 0 aliphatic rings. The highest BCUT2D eigenvalue weighted by Crippen LogP contribution is 2.30. The van der Waals surface area contributed by atoms with Gasteiger partial charge >= 0.3 is 0 Å². The molecule has 2 aromatic heterocycles. The van der Waals surface area contributed by atoms with Gasteiger partial charge in [0.05, 0.1) is 10.7 Å². The molecule has 0 bridgehead atoms. The van der Waals surface area contributed by atoms with Crippen LogP contribution in [0.3, 0.4) is 0 Å². The van der Waals surface area contributed by atoms with Crippen LogP contribution in [0.4, 0.5) is 0 Å². The molecule has 1 aromatic carbocycles. The lowest BCUT2D eigenvalue weighted by atomic mass is 10.2. The quantitative estimate of drug-likeness (QED) is 0.717. The molecule has 0 aliphatic carbocycles. The van der Waals surface area contributed by atoms with Gasteiger partial charge in [-0.15, -0.1) is 0 Å². The number of halogens is 2. The van der Waals surface area contributed by atoms with E-state index in [0.29, 0.717) is 10.0 Å². The van der Waals surface area contributed by atoms with Crippen LogP contribution < -0.4 is 0 Å². The largest absolute Gasteiger partial charge is 0.367 e.